The molecular formula is C24H20N2O6S. The van der Waals surface area contributed by atoms with Crippen LogP contribution >= 0.6 is 0 Å². The van der Waals surface area contributed by atoms with E-state index in [0.717, 1.165) is 3.97 Å². The van der Waals surface area contributed by atoms with Crippen LogP contribution in [0.2, 0.25) is 0 Å². The zero-order valence-corrected chi connectivity index (χ0v) is 18.5. The molecule has 0 radical (unpaired) electrons. The second-order valence-corrected chi connectivity index (χ2v) is 8.94. The number of carbonyl (C=O) groups excluding carboxylic acids is 2. The van der Waals surface area contributed by atoms with E-state index in [4.69, 9.17) is 4.74 Å². The number of rotatable bonds is 8. The van der Waals surface area contributed by atoms with Crippen LogP contribution in [0.4, 0.5) is 0 Å². The van der Waals surface area contributed by atoms with Gasteiger partial charge in [-0.1, -0.05) is 18.2 Å². The Morgan fingerprint density at radius 3 is 2.45 bits per heavy atom. The van der Waals surface area contributed by atoms with Crippen molar-refractivity contribution in [2.75, 3.05) is 7.11 Å². The highest BCUT2D eigenvalue weighted by molar-refractivity contribution is 7.90. The number of hydrogen-bond acceptors (Lipinski definition) is 7. The summed E-state index contributed by atoms with van der Waals surface area (Å²) in [5.41, 5.74) is 0.475. The molecule has 4 rings (SSSR count). The van der Waals surface area contributed by atoms with E-state index < -0.39 is 16.0 Å². The quantitative estimate of drug-likeness (QED) is 0.284. The van der Waals surface area contributed by atoms with Crippen LogP contribution < -0.4 is 4.74 Å². The van der Waals surface area contributed by atoms with Gasteiger partial charge in [-0.15, -0.1) is 0 Å². The highest BCUT2D eigenvalue weighted by Gasteiger charge is 2.24. The molecule has 9 heteroatoms. The van der Waals surface area contributed by atoms with Crippen LogP contribution in [0.1, 0.15) is 23.2 Å². The lowest BCUT2D eigenvalue weighted by Gasteiger charge is -2.09. The minimum absolute atomic E-state index is 0.0778. The zero-order chi connectivity index (χ0) is 23.4. The largest absolute Gasteiger partial charge is 0.469 e. The summed E-state index contributed by atoms with van der Waals surface area (Å²) in [7, 11) is -2.75. The van der Waals surface area contributed by atoms with Crippen molar-refractivity contribution in [3.05, 3.63) is 84.8 Å². The summed E-state index contributed by atoms with van der Waals surface area (Å²) < 4.78 is 38.3. The van der Waals surface area contributed by atoms with E-state index >= 15 is 0 Å². The van der Waals surface area contributed by atoms with E-state index in [1.807, 2.05) is 0 Å². The molecule has 0 aliphatic carbocycles. The highest BCUT2D eigenvalue weighted by atomic mass is 32.2. The summed E-state index contributed by atoms with van der Waals surface area (Å²) in [5, 5.41) is 0.433. The third-order valence-corrected chi connectivity index (χ3v) is 6.69. The van der Waals surface area contributed by atoms with Gasteiger partial charge in [0.05, 0.1) is 30.1 Å². The first kappa shape index (κ1) is 22.2. The Morgan fingerprint density at radius 1 is 0.970 bits per heavy atom. The minimum atomic E-state index is -4.00. The molecule has 0 saturated carbocycles. The molecule has 33 heavy (non-hydrogen) atoms. The summed E-state index contributed by atoms with van der Waals surface area (Å²) in [6, 6.07) is 16.2. The monoisotopic (exact) mass is 464 g/mol. The molecule has 0 N–H and O–H groups in total. The maximum Gasteiger partial charge on any atom is 0.305 e. The van der Waals surface area contributed by atoms with Gasteiger partial charge in [-0.3, -0.25) is 14.6 Å². The van der Waals surface area contributed by atoms with Gasteiger partial charge in [-0.2, -0.15) is 0 Å². The van der Waals surface area contributed by atoms with E-state index in [-0.39, 0.29) is 34.6 Å². The van der Waals surface area contributed by atoms with Crippen molar-refractivity contribution in [2.45, 2.75) is 17.7 Å². The fraction of sp³-hybridized carbons (Fsp3) is 0.125. The third kappa shape index (κ3) is 4.63. The molecule has 0 aliphatic rings. The Morgan fingerprint density at radius 2 is 1.76 bits per heavy atom. The Kier molecular flexibility index (Phi) is 6.23. The lowest BCUT2D eigenvalue weighted by molar-refractivity contribution is -0.140. The minimum Gasteiger partial charge on any atom is -0.469 e. The second kappa shape index (κ2) is 9.25. The van der Waals surface area contributed by atoms with E-state index in [1.54, 1.807) is 54.7 Å². The predicted molar refractivity (Wildman–Crippen MR) is 121 cm³/mol. The maximum atomic E-state index is 13.4. The van der Waals surface area contributed by atoms with Gasteiger partial charge in [0.15, 0.2) is 5.78 Å². The van der Waals surface area contributed by atoms with Crippen molar-refractivity contribution in [1.82, 2.24) is 8.96 Å². The van der Waals surface area contributed by atoms with Crippen LogP contribution in [-0.4, -0.2) is 36.2 Å². The number of carbonyl (C=O) groups is 2. The number of methoxy groups -OCH3 is 1. The highest BCUT2D eigenvalue weighted by Crippen LogP contribution is 2.32. The standard InChI is InChI=1S/C24H20N2O6S/c1-31-24(28)12-11-23(27)21-16-26(33(29,30)19-7-3-2-4-8-19)22-14-17(9-10-20(21)22)32-18-6-5-13-25-15-18/h2-10,13-16H,11-12H2,1H3. The number of nitrogens with zero attached hydrogens (tertiary/aromatic N) is 2. The van der Waals surface area contributed by atoms with Crippen molar-refractivity contribution in [3.8, 4) is 11.5 Å². The maximum absolute atomic E-state index is 13.4. The molecule has 8 nitrogen and oxygen atoms in total. The molecule has 0 aliphatic heterocycles. The molecule has 0 amide bonds. The van der Waals surface area contributed by atoms with Crippen molar-refractivity contribution < 1.29 is 27.5 Å². The van der Waals surface area contributed by atoms with E-state index in [1.165, 1.54) is 31.6 Å². The molecule has 0 atom stereocenters. The number of ether oxygens (including phenoxy) is 2. The second-order valence-electron chi connectivity index (χ2n) is 7.13. The van der Waals surface area contributed by atoms with Crippen molar-refractivity contribution in [3.63, 3.8) is 0 Å². The summed E-state index contributed by atoms with van der Waals surface area (Å²) >= 11 is 0. The van der Waals surface area contributed by atoms with E-state index in [2.05, 4.69) is 9.72 Å². The SMILES string of the molecule is COC(=O)CCC(=O)c1cn(S(=O)(=O)c2ccccc2)c2cc(Oc3cccnc3)ccc12. The molecule has 2 aromatic carbocycles. The Bertz CT molecular complexity index is 1410. The van der Waals surface area contributed by atoms with Gasteiger partial charge in [-0.25, -0.2) is 12.4 Å². The van der Waals surface area contributed by atoms with Gasteiger partial charge in [-0.05, 0) is 36.4 Å². The average molecular weight is 464 g/mol. The molecule has 0 unspecified atom stereocenters. The smallest absolute Gasteiger partial charge is 0.305 e. The molecular weight excluding hydrogens is 444 g/mol. The molecule has 4 aromatic rings. The summed E-state index contributed by atoms with van der Waals surface area (Å²) in [6.07, 6.45) is 4.23. The lowest BCUT2D eigenvalue weighted by Crippen LogP contribution is -2.12. The number of esters is 1. The molecule has 2 aromatic heterocycles. The summed E-state index contributed by atoms with van der Waals surface area (Å²) in [5.74, 6) is -0.0218. The fourth-order valence-electron chi connectivity index (χ4n) is 3.36. The van der Waals surface area contributed by atoms with Gasteiger partial charge in [0.25, 0.3) is 10.0 Å². The average Bonchev–Trinajstić information content (AvgIpc) is 3.23. The van der Waals surface area contributed by atoms with Gasteiger partial charge >= 0.3 is 5.97 Å². The van der Waals surface area contributed by atoms with Gasteiger partial charge in [0.2, 0.25) is 0 Å². The first-order chi connectivity index (χ1) is 15.9. The van der Waals surface area contributed by atoms with Crippen LogP contribution in [0.15, 0.2) is 84.1 Å². The number of benzene rings is 2. The van der Waals surface area contributed by atoms with Gasteiger partial charge < -0.3 is 9.47 Å². The zero-order valence-electron chi connectivity index (χ0n) is 17.7. The topological polar surface area (TPSA) is 105 Å². The number of hydrogen-bond donors (Lipinski definition) is 0. The van der Waals surface area contributed by atoms with Gasteiger partial charge in [0.1, 0.15) is 11.5 Å². The van der Waals surface area contributed by atoms with Crippen LogP contribution in [0.3, 0.4) is 0 Å². The number of fused-ring (bicyclic) bond motifs is 1. The predicted octanol–water partition coefficient (Wildman–Crippen LogP) is 4.20. The van der Waals surface area contributed by atoms with Crippen molar-refractivity contribution in [1.29, 1.82) is 0 Å². The molecule has 0 bridgehead atoms. The van der Waals surface area contributed by atoms with E-state index in [0.29, 0.717) is 16.9 Å². The van der Waals surface area contributed by atoms with Crippen LogP contribution in [0.25, 0.3) is 10.9 Å². The lowest BCUT2D eigenvalue weighted by atomic mass is 10.1. The van der Waals surface area contributed by atoms with Crippen molar-refractivity contribution >= 4 is 32.7 Å². The van der Waals surface area contributed by atoms with E-state index in [9.17, 15) is 18.0 Å². The van der Waals surface area contributed by atoms with Crippen molar-refractivity contribution in [2.24, 2.45) is 0 Å². The Balaban J connectivity index is 1.82. The number of pyridine rings is 1. The number of Topliss-reactive ketones (excluding diaryl/α,β-unsaturated/α-hetero) is 1. The molecule has 0 saturated heterocycles. The fourth-order valence-corrected chi connectivity index (χ4v) is 4.75. The normalized spacial score (nSPS) is 11.3. The molecule has 2 heterocycles. The number of aromatic nitrogens is 2. The molecule has 168 valence electrons. The van der Waals surface area contributed by atoms with Crippen LogP contribution in [-0.2, 0) is 19.6 Å². The van der Waals surface area contributed by atoms with Gasteiger partial charge in [0, 0.05) is 35.8 Å². The number of ketones is 1. The molecule has 0 spiro atoms. The van der Waals surface area contributed by atoms with Crippen LogP contribution in [0, 0.1) is 0 Å². The van der Waals surface area contributed by atoms with Crippen LogP contribution in [0.5, 0.6) is 11.5 Å². The summed E-state index contributed by atoms with van der Waals surface area (Å²) in [4.78, 5) is 28.4. The first-order valence-electron chi connectivity index (χ1n) is 10.0. The third-order valence-electron chi connectivity index (χ3n) is 5.00. The Hall–Kier alpha value is -3.98. The molecule has 0 fully saturated rings. The Labute approximate surface area is 190 Å². The summed E-state index contributed by atoms with van der Waals surface area (Å²) in [6.45, 7) is 0. The first-order valence-corrected chi connectivity index (χ1v) is 11.5.